The molecular formula is C25H25NO5. The van der Waals surface area contributed by atoms with Gasteiger partial charge in [-0.1, -0.05) is 60.7 Å². The van der Waals surface area contributed by atoms with Crippen molar-refractivity contribution in [2.24, 2.45) is 0 Å². The first-order valence-corrected chi connectivity index (χ1v) is 9.94. The molecule has 1 amide bonds. The summed E-state index contributed by atoms with van der Waals surface area (Å²) in [7, 11) is 1.59. The number of hydrogen-bond donors (Lipinski definition) is 1. The molecule has 0 fully saturated rings. The minimum atomic E-state index is -0.932. The van der Waals surface area contributed by atoms with Crippen LogP contribution in [0.3, 0.4) is 0 Å². The Kier molecular flexibility index (Phi) is 7.65. The SMILES string of the molecule is COc1ccc(CNC(=O)[C@H](C)OC(=O)COc2ccccc2-c2ccccc2)cc1. The van der Waals surface area contributed by atoms with Gasteiger partial charge < -0.3 is 19.5 Å². The molecule has 1 atom stereocenters. The van der Waals surface area contributed by atoms with Gasteiger partial charge in [0.1, 0.15) is 11.5 Å². The van der Waals surface area contributed by atoms with Gasteiger partial charge in [0.25, 0.3) is 5.91 Å². The van der Waals surface area contributed by atoms with Crippen LogP contribution in [0, 0.1) is 0 Å². The number of nitrogens with one attached hydrogen (secondary N) is 1. The molecule has 0 saturated heterocycles. The molecule has 31 heavy (non-hydrogen) atoms. The van der Waals surface area contributed by atoms with Gasteiger partial charge in [-0.25, -0.2) is 4.79 Å². The molecule has 6 heteroatoms. The minimum Gasteiger partial charge on any atom is -0.497 e. The lowest BCUT2D eigenvalue weighted by atomic mass is 10.1. The Hall–Kier alpha value is -3.80. The quantitative estimate of drug-likeness (QED) is 0.531. The molecule has 0 aromatic heterocycles. The number of carbonyl (C=O) groups is 2. The van der Waals surface area contributed by atoms with E-state index in [0.29, 0.717) is 12.3 Å². The molecule has 6 nitrogen and oxygen atoms in total. The first-order chi connectivity index (χ1) is 15.1. The highest BCUT2D eigenvalue weighted by atomic mass is 16.6. The Bertz CT molecular complexity index is 1000. The topological polar surface area (TPSA) is 73.9 Å². The van der Waals surface area contributed by atoms with E-state index in [9.17, 15) is 9.59 Å². The van der Waals surface area contributed by atoms with Gasteiger partial charge in [0, 0.05) is 12.1 Å². The molecule has 0 aliphatic heterocycles. The normalized spacial score (nSPS) is 11.3. The Morgan fingerprint density at radius 2 is 1.58 bits per heavy atom. The standard InChI is InChI=1S/C25H25NO5/c1-18(25(28)26-16-19-12-14-21(29-2)15-13-19)31-24(27)17-30-23-11-7-6-10-22(23)20-8-4-3-5-9-20/h3-15,18H,16-17H2,1-2H3,(H,26,28)/t18-/m0/s1. The van der Waals surface area contributed by atoms with Gasteiger partial charge in [-0.3, -0.25) is 4.79 Å². The van der Waals surface area contributed by atoms with Crippen molar-refractivity contribution in [2.75, 3.05) is 13.7 Å². The molecule has 1 N–H and O–H groups in total. The van der Waals surface area contributed by atoms with Crippen LogP contribution in [0.15, 0.2) is 78.9 Å². The zero-order chi connectivity index (χ0) is 22.1. The maximum atomic E-state index is 12.2. The van der Waals surface area contributed by atoms with E-state index in [1.165, 1.54) is 6.92 Å². The second kappa shape index (κ2) is 10.8. The van der Waals surface area contributed by atoms with E-state index >= 15 is 0 Å². The number of esters is 1. The molecule has 0 spiro atoms. The lowest BCUT2D eigenvalue weighted by Crippen LogP contribution is -2.36. The Morgan fingerprint density at radius 1 is 0.903 bits per heavy atom. The van der Waals surface area contributed by atoms with Crippen LogP contribution in [0.25, 0.3) is 11.1 Å². The molecule has 160 valence electrons. The number of amides is 1. The molecule has 0 radical (unpaired) electrons. The highest BCUT2D eigenvalue weighted by Gasteiger charge is 2.18. The second-order valence-electron chi connectivity index (χ2n) is 6.85. The number of benzene rings is 3. The zero-order valence-electron chi connectivity index (χ0n) is 17.5. The van der Waals surface area contributed by atoms with E-state index in [4.69, 9.17) is 14.2 Å². The van der Waals surface area contributed by atoms with E-state index in [1.54, 1.807) is 13.2 Å². The van der Waals surface area contributed by atoms with Gasteiger partial charge in [0.05, 0.1) is 7.11 Å². The van der Waals surface area contributed by atoms with Gasteiger partial charge in [0.15, 0.2) is 12.7 Å². The van der Waals surface area contributed by atoms with Crippen molar-refractivity contribution in [1.29, 1.82) is 0 Å². The monoisotopic (exact) mass is 419 g/mol. The fourth-order valence-corrected chi connectivity index (χ4v) is 2.95. The summed E-state index contributed by atoms with van der Waals surface area (Å²) >= 11 is 0. The van der Waals surface area contributed by atoms with E-state index in [-0.39, 0.29) is 12.5 Å². The van der Waals surface area contributed by atoms with Crippen LogP contribution < -0.4 is 14.8 Å². The van der Waals surface area contributed by atoms with Crippen molar-refractivity contribution in [3.8, 4) is 22.6 Å². The summed E-state index contributed by atoms with van der Waals surface area (Å²) in [6, 6.07) is 24.5. The Balaban J connectivity index is 1.48. The molecule has 0 unspecified atom stereocenters. The molecule has 3 rings (SSSR count). The van der Waals surface area contributed by atoms with Gasteiger partial charge in [0.2, 0.25) is 0 Å². The van der Waals surface area contributed by atoms with Crippen LogP contribution >= 0.6 is 0 Å². The number of carbonyl (C=O) groups excluding carboxylic acids is 2. The average Bonchev–Trinajstić information content (AvgIpc) is 2.82. The summed E-state index contributed by atoms with van der Waals surface area (Å²) in [6.45, 7) is 1.56. The van der Waals surface area contributed by atoms with E-state index in [1.807, 2.05) is 72.8 Å². The van der Waals surface area contributed by atoms with Crippen LogP contribution in [0.2, 0.25) is 0 Å². The Morgan fingerprint density at radius 3 is 2.29 bits per heavy atom. The highest BCUT2D eigenvalue weighted by Crippen LogP contribution is 2.29. The average molecular weight is 419 g/mol. The van der Waals surface area contributed by atoms with Crippen molar-refractivity contribution in [3.63, 3.8) is 0 Å². The third-order valence-corrected chi connectivity index (χ3v) is 4.62. The molecular weight excluding hydrogens is 394 g/mol. The van der Waals surface area contributed by atoms with Crippen molar-refractivity contribution >= 4 is 11.9 Å². The summed E-state index contributed by atoms with van der Waals surface area (Å²) < 4.78 is 16.0. The highest BCUT2D eigenvalue weighted by molar-refractivity contribution is 5.83. The van der Waals surface area contributed by atoms with Crippen LogP contribution in [0.1, 0.15) is 12.5 Å². The third-order valence-electron chi connectivity index (χ3n) is 4.62. The molecule has 0 bridgehead atoms. The third kappa shape index (κ3) is 6.34. The second-order valence-corrected chi connectivity index (χ2v) is 6.85. The summed E-state index contributed by atoms with van der Waals surface area (Å²) in [5.74, 6) is 0.317. The van der Waals surface area contributed by atoms with Crippen molar-refractivity contribution < 1.29 is 23.8 Å². The fraction of sp³-hybridized carbons (Fsp3) is 0.200. The first kappa shape index (κ1) is 21.9. The summed E-state index contributed by atoms with van der Waals surface area (Å²) in [4.78, 5) is 24.4. The maximum absolute atomic E-state index is 12.2. The van der Waals surface area contributed by atoms with Gasteiger partial charge in [-0.2, -0.15) is 0 Å². The molecule has 3 aromatic rings. The molecule has 0 aliphatic rings. The van der Waals surface area contributed by atoms with E-state index in [2.05, 4.69) is 5.32 Å². The van der Waals surface area contributed by atoms with Crippen molar-refractivity contribution in [3.05, 3.63) is 84.4 Å². The lowest BCUT2D eigenvalue weighted by Gasteiger charge is -2.15. The summed E-state index contributed by atoms with van der Waals surface area (Å²) in [5.41, 5.74) is 2.77. The fourth-order valence-electron chi connectivity index (χ4n) is 2.95. The van der Waals surface area contributed by atoms with Crippen LogP contribution in [0.4, 0.5) is 0 Å². The number of ether oxygens (including phenoxy) is 3. The molecule has 3 aromatic carbocycles. The summed E-state index contributed by atoms with van der Waals surface area (Å²) in [5, 5.41) is 2.75. The zero-order valence-corrected chi connectivity index (χ0v) is 17.5. The predicted molar refractivity (Wildman–Crippen MR) is 118 cm³/mol. The Labute approximate surface area is 181 Å². The van der Waals surface area contributed by atoms with Crippen molar-refractivity contribution in [2.45, 2.75) is 19.6 Å². The largest absolute Gasteiger partial charge is 0.497 e. The van der Waals surface area contributed by atoms with Gasteiger partial charge in [-0.15, -0.1) is 0 Å². The number of methoxy groups -OCH3 is 1. The molecule has 0 saturated carbocycles. The number of rotatable bonds is 9. The lowest BCUT2D eigenvalue weighted by molar-refractivity contribution is -0.156. The maximum Gasteiger partial charge on any atom is 0.344 e. The van der Waals surface area contributed by atoms with Crippen molar-refractivity contribution in [1.82, 2.24) is 5.32 Å². The van der Waals surface area contributed by atoms with Crippen LogP contribution in [-0.4, -0.2) is 31.7 Å². The van der Waals surface area contributed by atoms with E-state index < -0.39 is 12.1 Å². The minimum absolute atomic E-state index is 0.292. The number of para-hydroxylation sites is 1. The van der Waals surface area contributed by atoms with Gasteiger partial charge in [-0.05, 0) is 36.2 Å². The predicted octanol–water partition coefficient (Wildman–Crippen LogP) is 3.99. The van der Waals surface area contributed by atoms with E-state index in [0.717, 1.165) is 22.4 Å². The number of hydrogen-bond acceptors (Lipinski definition) is 5. The summed E-state index contributed by atoms with van der Waals surface area (Å²) in [6.07, 6.45) is -0.932. The molecule has 0 aliphatic carbocycles. The smallest absolute Gasteiger partial charge is 0.344 e. The van der Waals surface area contributed by atoms with Gasteiger partial charge >= 0.3 is 5.97 Å². The van der Waals surface area contributed by atoms with Crippen LogP contribution in [-0.2, 0) is 20.9 Å². The first-order valence-electron chi connectivity index (χ1n) is 9.94. The molecule has 0 heterocycles. The van der Waals surface area contributed by atoms with Crippen LogP contribution in [0.5, 0.6) is 11.5 Å².